The SMILES string of the molecule is CCOCCN(C)C(=O)CC1(CS)CC1. The number of hydrogen-bond acceptors (Lipinski definition) is 3. The fourth-order valence-corrected chi connectivity index (χ4v) is 1.92. The van der Waals surface area contributed by atoms with E-state index in [1.165, 1.54) is 0 Å². The van der Waals surface area contributed by atoms with Gasteiger partial charge in [0.15, 0.2) is 0 Å². The molecule has 0 unspecified atom stereocenters. The van der Waals surface area contributed by atoms with Crippen molar-refractivity contribution in [3.8, 4) is 0 Å². The third-order valence-corrected chi connectivity index (χ3v) is 3.69. The summed E-state index contributed by atoms with van der Waals surface area (Å²) in [6.45, 7) is 3.99. The van der Waals surface area contributed by atoms with Crippen molar-refractivity contribution in [2.45, 2.75) is 26.2 Å². The molecular weight excluding hydrogens is 210 g/mol. The summed E-state index contributed by atoms with van der Waals surface area (Å²) in [7, 11) is 1.84. The monoisotopic (exact) mass is 231 g/mol. The van der Waals surface area contributed by atoms with Crippen LogP contribution in [0.1, 0.15) is 26.2 Å². The second kappa shape index (κ2) is 5.75. The molecule has 0 bridgehead atoms. The Morgan fingerprint density at radius 3 is 2.67 bits per heavy atom. The zero-order valence-corrected chi connectivity index (χ0v) is 10.6. The maximum absolute atomic E-state index is 11.8. The molecule has 0 aromatic carbocycles. The highest BCUT2D eigenvalue weighted by Gasteiger charge is 2.43. The molecule has 0 saturated heterocycles. The first-order valence-electron chi connectivity index (χ1n) is 5.56. The van der Waals surface area contributed by atoms with E-state index in [1.54, 1.807) is 4.90 Å². The molecule has 1 saturated carbocycles. The second-order valence-electron chi connectivity index (χ2n) is 4.35. The fourth-order valence-electron chi connectivity index (χ4n) is 1.49. The highest BCUT2D eigenvalue weighted by atomic mass is 32.1. The van der Waals surface area contributed by atoms with Gasteiger partial charge in [0, 0.05) is 26.6 Å². The summed E-state index contributed by atoms with van der Waals surface area (Å²) in [6, 6.07) is 0. The number of nitrogens with zero attached hydrogens (tertiary/aromatic N) is 1. The van der Waals surface area contributed by atoms with E-state index in [-0.39, 0.29) is 11.3 Å². The van der Waals surface area contributed by atoms with Gasteiger partial charge in [-0.05, 0) is 30.9 Å². The van der Waals surface area contributed by atoms with Crippen molar-refractivity contribution in [3.63, 3.8) is 0 Å². The molecule has 1 aliphatic carbocycles. The Hall–Kier alpha value is -0.220. The van der Waals surface area contributed by atoms with Crippen molar-refractivity contribution in [1.82, 2.24) is 4.90 Å². The maximum Gasteiger partial charge on any atom is 0.222 e. The van der Waals surface area contributed by atoms with Crippen LogP contribution < -0.4 is 0 Å². The smallest absolute Gasteiger partial charge is 0.222 e. The highest BCUT2D eigenvalue weighted by molar-refractivity contribution is 7.80. The predicted molar refractivity (Wildman–Crippen MR) is 64.3 cm³/mol. The lowest BCUT2D eigenvalue weighted by molar-refractivity contribution is -0.131. The van der Waals surface area contributed by atoms with E-state index in [4.69, 9.17) is 4.74 Å². The van der Waals surface area contributed by atoms with E-state index in [9.17, 15) is 4.79 Å². The summed E-state index contributed by atoms with van der Waals surface area (Å²) in [4.78, 5) is 13.6. The van der Waals surface area contributed by atoms with Crippen molar-refractivity contribution in [3.05, 3.63) is 0 Å². The molecule has 1 rings (SSSR count). The molecule has 0 atom stereocenters. The number of amides is 1. The van der Waals surface area contributed by atoms with Crippen LogP contribution >= 0.6 is 12.6 Å². The van der Waals surface area contributed by atoms with Gasteiger partial charge in [-0.15, -0.1) is 0 Å². The molecule has 1 fully saturated rings. The molecule has 0 aromatic rings. The first-order chi connectivity index (χ1) is 7.13. The normalized spacial score (nSPS) is 17.5. The van der Waals surface area contributed by atoms with E-state index in [0.717, 1.165) is 18.6 Å². The molecule has 0 radical (unpaired) electrons. The van der Waals surface area contributed by atoms with Crippen molar-refractivity contribution in [1.29, 1.82) is 0 Å². The summed E-state index contributed by atoms with van der Waals surface area (Å²) in [5.41, 5.74) is 0.222. The van der Waals surface area contributed by atoms with Gasteiger partial charge in [-0.1, -0.05) is 0 Å². The van der Waals surface area contributed by atoms with Gasteiger partial charge in [0.05, 0.1) is 6.61 Å². The number of thiol groups is 1. The summed E-state index contributed by atoms with van der Waals surface area (Å²) < 4.78 is 5.22. The lowest BCUT2D eigenvalue weighted by atomic mass is 10.0. The fraction of sp³-hybridized carbons (Fsp3) is 0.909. The van der Waals surface area contributed by atoms with Gasteiger partial charge >= 0.3 is 0 Å². The largest absolute Gasteiger partial charge is 0.380 e. The molecule has 4 heteroatoms. The third kappa shape index (κ3) is 4.03. The Morgan fingerprint density at radius 1 is 1.53 bits per heavy atom. The predicted octanol–water partition coefficient (Wildman–Crippen LogP) is 1.58. The molecule has 0 spiro atoms. The van der Waals surface area contributed by atoms with Crippen LogP contribution in [0.3, 0.4) is 0 Å². The molecule has 3 nitrogen and oxygen atoms in total. The first-order valence-corrected chi connectivity index (χ1v) is 6.19. The van der Waals surface area contributed by atoms with Gasteiger partial charge in [-0.3, -0.25) is 4.79 Å². The van der Waals surface area contributed by atoms with E-state index in [2.05, 4.69) is 12.6 Å². The minimum Gasteiger partial charge on any atom is -0.380 e. The number of hydrogen-bond donors (Lipinski definition) is 1. The lowest BCUT2D eigenvalue weighted by Crippen LogP contribution is -2.32. The molecular formula is C11H21NO2S. The minimum absolute atomic E-state index is 0.222. The lowest BCUT2D eigenvalue weighted by Gasteiger charge is -2.20. The van der Waals surface area contributed by atoms with Crippen LogP contribution in [0.25, 0.3) is 0 Å². The molecule has 0 aromatic heterocycles. The van der Waals surface area contributed by atoms with E-state index in [1.807, 2.05) is 14.0 Å². The quantitative estimate of drug-likeness (QED) is 0.532. The van der Waals surface area contributed by atoms with Gasteiger partial charge in [0.25, 0.3) is 0 Å². The van der Waals surface area contributed by atoms with E-state index in [0.29, 0.717) is 26.2 Å². The maximum atomic E-state index is 11.8. The number of likely N-dealkylation sites (N-methyl/N-ethyl adjacent to an activating group) is 1. The molecule has 88 valence electrons. The number of carbonyl (C=O) groups excluding carboxylic acids is 1. The Kier molecular flexibility index (Phi) is 4.93. The average molecular weight is 231 g/mol. The molecule has 0 heterocycles. The van der Waals surface area contributed by atoms with Gasteiger partial charge < -0.3 is 9.64 Å². The zero-order valence-electron chi connectivity index (χ0n) is 9.66. The minimum atomic E-state index is 0.222. The molecule has 0 aliphatic heterocycles. The summed E-state index contributed by atoms with van der Waals surface area (Å²) in [5, 5.41) is 0. The van der Waals surface area contributed by atoms with Crippen LogP contribution in [0.4, 0.5) is 0 Å². The van der Waals surface area contributed by atoms with Gasteiger partial charge in [0.1, 0.15) is 0 Å². The van der Waals surface area contributed by atoms with Crippen LogP contribution in [0.2, 0.25) is 0 Å². The Bertz CT molecular complexity index is 217. The van der Waals surface area contributed by atoms with Crippen molar-refractivity contribution < 1.29 is 9.53 Å². The van der Waals surface area contributed by atoms with Gasteiger partial charge in [-0.2, -0.15) is 12.6 Å². The summed E-state index contributed by atoms with van der Waals surface area (Å²) in [6.07, 6.45) is 2.96. The van der Waals surface area contributed by atoms with Crippen molar-refractivity contribution in [2.24, 2.45) is 5.41 Å². The Balaban J connectivity index is 2.21. The van der Waals surface area contributed by atoms with Crippen LogP contribution in [0, 0.1) is 5.41 Å². The standard InChI is InChI=1S/C11H21NO2S/c1-3-14-7-6-12(2)10(13)8-11(9-15)4-5-11/h15H,3-9H2,1-2H3. The van der Waals surface area contributed by atoms with Gasteiger partial charge in [0.2, 0.25) is 5.91 Å². The molecule has 0 N–H and O–H groups in total. The van der Waals surface area contributed by atoms with Crippen LogP contribution in [-0.4, -0.2) is 43.4 Å². The zero-order chi connectivity index (χ0) is 11.3. The third-order valence-electron chi connectivity index (χ3n) is 3.02. The van der Waals surface area contributed by atoms with E-state index >= 15 is 0 Å². The van der Waals surface area contributed by atoms with Crippen LogP contribution in [0.15, 0.2) is 0 Å². The van der Waals surface area contributed by atoms with Crippen molar-refractivity contribution >= 4 is 18.5 Å². The number of carbonyl (C=O) groups is 1. The van der Waals surface area contributed by atoms with E-state index < -0.39 is 0 Å². The molecule has 15 heavy (non-hydrogen) atoms. The Labute approximate surface area is 97.6 Å². The molecule has 1 aliphatic rings. The summed E-state index contributed by atoms with van der Waals surface area (Å²) in [5.74, 6) is 1.05. The first kappa shape index (κ1) is 12.8. The number of ether oxygens (including phenoxy) is 1. The van der Waals surface area contributed by atoms with Crippen molar-refractivity contribution in [2.75, 3.05) is 32.6 Å². The Morgan fingerprint density at radius 2 is 2.20 bits per heavy atom. The average Bonchev–Trinajstić information content (AvgIpc) is 2.98. The number of rotatable bonds is 7. The molecule has 1 amide bonds. The van der Waals surface area contributed by atoms with Gasteiger partial charge in [-0.25, -0.2) is 0 Å². The summed E-state index contributed by atoms with van der Waals surface area (Å²) >= 11 is 4.30. The van der Waals surface area contributed by atoms with Crippen LogP contribution in [-0.2, 0) is 9.53 Å². The topological polar surface area (TPSA) is 29.5 Å². The van der Waals surface area contributed by atoms with Crippen LogP contribution in [0.5, 0.6) is 0 Å². The highest BCUT2D eigenvalue weighted by Crippen LogP contribution is 2.49. The second-order valence-corrected chi connectivity index (χ2v) is 4.66.